The minimum Gasteiger partial charge on any atom is -0.332 e. The van der Waals surface area contributed by atoms with Crippen LogP contribution in [0.3, 0.4) is 0 Å². The first-order valence-electron chi connectivity index (χ1n) is 6.06. The monoisotopic (exact) mass is 234 g/mol. The molecule has 0 amide bonds. The van der Waals surface area contributed by atoms with Crippen molar-refractivity contribution in [1.29, 1.82) is 5.26 Å². The number of imidazole rings is 1. The van der Waals surface area contributed by atoms with Crippen LogP contribution in [0.15, 0.2) is 12.4 Å². The number of nitrogens with zero attached hydrogens (tertiary/aromatic N) is 3. The summed E-state index contributed by atoms with van der Waals surface area (Å²) >= 11 is 0. The van der Waals surface area contributed by atoms with Gasteiger partial charge in [0, 0.05) is 24.5 Å². The maximum absolute atomic E-state index is 9.31. The fourth-order valence-electron chi connectivity index (χ4n) is 2.32. The highest BCUT2D eigenvalue weighted by Crippen LogP contribution is 2.22. The third-order valence-corrected chi connectivity index (χ3v) is 2.89. The van der Waals surface area contributed by atoms with Crippen molar-refractivity contribution in [1.82, 2.24) is 14.9 Å². The molecule has 17 heavy (non-hydrogen) atoms. The summed E-state index contributed by atoms with van der Waals surface area (Å²) in [6.45, 7) is 10.2. The average Bonchev–Trinajstić information content (AvgIpc) is 2.63. The molecule has 0 aliphatic carbocycles. The fourth-order valence-corrected chi connectivity index (χ4v) is 2.32. The minimum atomic E-state index is -0.496. The molecule has 4 heteroatoms. The normalized spacial score (nSPS) is 16.5. The van der Waals surface area contributed by atoms with Gasteiger partial charge in [-0.3, -0.25) is 5.32 Å². The molecule has 0 aliphatic heterocycles. The molecule has 0 aromatic carbocycles. The second-order valence-electron chi connectivity index (χ2n) is 5.18. The largest absolute Gasteiger partial charge is 0.332 e. The highest BCUT2D eigenvalue weighted by Gasteiger charge is 2.27. The van der Waals surface area contributed by atoms with E-state index in [1.807, 2.05) is 20.0 Å². The lowest BCUT2D eigenvalue weighted by molar-refractivity contribution is 0.324. The Morgan fingerprint density at radius 3 is 2.59 bits per heavy atom. The van der Waals surface area contributed by atoms with E-state index in [1.165, 1.54) is 0 Å². The van der Waals surface area contributed by atoms with Crippen molar-refractivity contribution in [2.75, 3.05) is 0 Å². The number of aryl methyl sites for hydroxylation is 1. The zero-order valence-electron chi connectivity index (χ0n) is 11.4. The van der Waals surface area contributed by atoms with Crippen LogP contribution in [-0.2, 0) is 0 Å². The third-order valence-electron chi connectivity index (χ3n) is 2.89. The summed E-state index contributed by atoms with van der Waals surface area (Å²) in [5.74, 6) is 0.988. The Bertz CT molecular complexity index is 402. The van der Waals surface area contributed by atoms with E-state index in [4.69, 9.17) is 0 Å². The van der Waals surface area contributed by atoms with E-state index in [1.54, 1.807) is 6.20 Å². The molecular weight excluding hydrogens is 212 g/mol. The summed E-state index contributed by atoms with van der Waals surface area (Å²) in [6.07, 6.45) is 4.53. The molecule has 94 valence electrons. The van der Waals surface area contributed by atoms with Crippen LogP contribution in [0.1, 0.15) is 46.0 Å². The molecule has 0 spiro atoms. The van der Waals surface area contributed by atoms with E-state index < -0.39 is 5.54 Å². The van der Waals surface area contributed by atoms with Crippen molar-refractivity contribution in [3.05, 3.63) is 18.2 Å². The highest BCUT2D eigenvalue weighted by atomic mass is 15.1. The summed E-state index contributed by atoms with van der Waals surface area (Å²) in [7, 11) is 0. The summed E-state index contributed by atoms with van der Waals surface area (Å²) in [4.78, 5) is 4.21. The fraction of sp³-hybridized carbons (Fsp3) is 0.692. The molecule has 0 saturated carbocycles. The van der Waals surface area contributed by atoms with Gasteiger partial charge < -0.3 is 4.57 Å². The molecule has 1 aromatic heterocycles. The standard InChI is InChI=1S/C13H22N4/c1-10(2)16-13(5,9-14)8-11(3)17-7-6-15-12(17)4/h6-7,10-11,16H,8H2,1-5H3. The van der Waals surface area contributed by atoms with Gasteiger partial charge in [0.1, 0.15) is 11.4 Å². The van der Waals surface area contributed by atoms with Gasteiger partial charge in [-0.05, 0) is 41.0 Å². The van der Waals surface area contributed by atoms with E-state index in [0.29, 0.717) is 6.04 Å². The van der Waals surface area contributed by atoms with Crippen LogP contribution in [0, 0.1) is 18.3 Å². The Hall–Kier alpha value is -1.34. The van der Waals surface area contributed by atoms with E-state index in [-0.39, 0.29) is 6.04 Å². The molecule has 1 N–H and O–H groups in total. The second-order valence-corrected chi connectivity index (χ2v) is 5.18. The average molecular weight is 234 g/mol. The van der Waals surface area contributed by atoms with Crippen LogP contribution in [0.4, 0.5) is 0 Å². The molecule has 1 heterocycles. The van der Waals surface area contributed by atoms with Gasteiger partial charge in [-0.2, -0.15) is 5.26 Å². The van der Waals surface area contributed by atoms with Gasteiger partial charge in [0.05, 0.1) is 6.07 Å². The molecule has 2 unspecified atom stereocenters. The number of nitrogens with one attached hydrogen (secondary N) is 1. The first kappa shape index (κ1) is 13.7. The topological polar surface area (TPSA) is 53.6 Å². The Kier molecular flexibility index (Phi) is 4.30. The van der Waals surface area contributed by atoms with E-state index in [9.17, 15) is 5.26 Å². The molecule has 2 atom stereocenters. The first-order valence-corrected chi connectivity index (χ1v) is 6.06. The van der Waals surface area contributed by atoms with Crippen LogP contribution < -0.4 is 5.32 Å². The Morgan fingerprint density at radius 2 is 2.18 bits per heavy atom. The molecule has 0 bridgehead atoms. The lowest BCUT2D eigenvalue weighted by Gasteiger charge is -2.29. The van der Waals surface area contributed by atoms with Gasteiger partial charge >= 0.3 is 0 Å². The van der Waals surface area contributed by atoms with Crippen molar-refractivity contribution < 1.29 is 0 Å². The number of rotatable bonds is 5. The van der Waals surface area contributed by atoms with E-state index in [0.717, 1.165) is 12.2 Å². The van der Waals surface area contributed by atoms with Crippen molar-refractivity contribution in [2.45, 2.75) is 58.7 Å². The SMILES string of the molecule is Cc1nccn1C(C)CC(C)(C#N)NC(C)C. The summed E-state index contributed by atoms with van der Waals surface area (Å²) in [5.41, 5.74) is -0.496. The molecule has 0 radical (unpaired) electrons. The van der Waals surface area contributed by atoms with Crippen molar-refractivity contribution >= 4 is 0 Å². The molecular formula is C13H22N4. The van der Waals surface area contributed by atoms with Gasteiger partial charge in [-0.25, -0.2) is 4.98 Å². The van der Waals surface area contributed by atoms with Crippen LogP contribution in [0.2, 0.25) is 0 Å². The first-order chi connectivity index (χ1) is 7.88. The smallest absolute Gasteiger partial charge is 0.106 e. The molecule has 0 fully saturated rings. The number of hydrogen-bond acceptors (Lipinski definition) is 3. The van der Waals surface area contributed by atoms with Gasteiger partial charge in [-0.1, -0.05) is 0 Å². The maximum Gasteiger partial charge on any atom is 0.106 e. The predicted octanol–water partition coefficient (Wildman–Crippen LogP) is 2.42. The van der Waals surface area contributed by atoms with Crippen LogP contribution >= 0.6 is 0 Å². The molecule has 0 aliphatic rings. The Labute approximate surface area is 104 Å². The second kappa shape index (κ2) is 5.33. The van der Waals surface area contributed by atoms with Crippen molar-refractivity contribution in [2.24, 2.45) is 0 Å². The minimum absolute atomic E-state index is 0.258. The quantitative estimate of drug-likeness (QED) is 0.851. The Morgan fingerprint density at radius 1 is 1.53 bits per heavy atom. The van der Waals surface area contributed by atoms with Gasteiger partial charge in [0.15, 0.2) is 0 Å². The molecule has 1 aromatic rings. The van der Waals surface area contributed by atoms with Gasteiger partial charge in [0.25, 0.3) is 0 Å². The van der Waals surface area contributed by atoms with Crippen molar-refractivity contribution in [3.8, 4) is 6.07 Å². The zero-order valence-corrected chi connectivity index (χ0v) is 11.4. The maximum atomic E-state index is 9.31. The summed E-state index contributed by atoms with van der Waals surface area (Å²) < 4.78 is 2.11. The van der Waals surface area contributed by atoms with Gasteiger partial charge in [-0.15, -0.1) is 0 Å². The lowest BCUT2D eigenvalue weighted by atomic mass is 9.94. The van der Waals surface area contributed by atoms with E-state index >= 15 is 0 Å². The number of nitriles is 1. The van der Waals surface area contributed by atoms with Crippen molar-refractivity contribution in [3.63, 3.8) is 0 Å². The Balaban J connectivity index is 2.76. The van der Waals surface area contributed by atoms with Crippen LogP contribution in [-0.4, -0.2) is 21.1 Å². The highest BCUT2D eigenvalue weighted by molar-refractivity contribution is 5.06. The van der Waals surface area contributed by atoms with Gasteiger partial charge in [0.2, 0.25) is 0 Å². The molecule has 0 saturated heterocycles. The van der Waals surface area contributed by atoms with Crippen LogP contribution in [0.25, 0.3) is 0 Å². The molecule has 4 nitrogen and oxygen atoms in total. The number of aromatic nitrogens is 2. The number of hydrogen-bond donors (Lipinski definition) is 1. The zero-order chi connectivity index (χ0) is 13.1. The van der Waals surface area contributed by atoms with Crippen LogP contribution in [0.5, 0.6) is 0 Å². The molecule has 1 rings (SSSR count). The lowest BCUT2D eigenvalue weighted by Crippen LogP contribution is -2.46. The van der Waals surface area contributed by atoms with E-state index in [2.05, 4.69) is 41.7 Å². The third kappa shape index (κ3) is 3.57. The summed E-state index contributed by atoms with van der Waals surface area (Å²) in [5, 5.41) is 12.6. The predicted molar refractivity (Wildman–Crippen MR) is 68.6 cm³/mol. The summed E-state index contributed by atoms with van der Waals surface area (Å²) in [6, 6.07) is 2.94.